The third-order valence-corrected chi connectivity index (χ3v) is 2.92. The molecule has 2 rings (SSSR count). The van der Waals surface area contributed by atoms with Crippen LogP contribution in [0.1, 0.15) is 37.4 Å². The molecule has 2 heterocycles. The molecule has 0 aromatic carbocycles. The zero-order valence-corrected chi connectivity index (χ0v) is 9.49. The molecule has 0 saturated carbocycles. The summed E-state index contributed by atoms with van der Waals surface area (Å²) in [6.07, 6.45) is 4.83. The van der Waals surface area contributed by atoms with E-state index in [0.717, 1.165) is 17.6 Å². The van der Waals surface area contributed by atoms with Gasteiger partial charge in [0.05, 0.1) is 11.7 Å². The molecule has 2 heteroatoms. The predicted molar refractivity (Wildman–Crippen MR) is 63.0 cm³/mol. The number of fused-ring (bicyclic) bond motifs is 1. The van der Waals surface area contributed by atoms with Crippen LogP contribution in [0.5, 0.6) is 0 Å². The molecule has 0 saturated heterocycles. The molecule has 2 nitrogen and oxygen atoms in total. The summed E-state index contributed by atoms with van der Waals surface area (Å²) in [5, 5.41) is 1.24. The van der Waals surface area contributed by atoms with Crippen LogP contribution < -0.4 is 0 Å². The van der Waals surface area contributed by atoms with Crippen molar-refractivity contribution in [3.63, 3.8) is 0 Å². The normalized spacial score (nSPS) is 13.0. The van der Waals surface area contributed by atoms with Crippen LogP contribution in [0.2, 0.25) is 0 Å². The van der Waals surface area contributed by atoms with Crippen molar-refractivity contribution in [1.29, 1.82) is 0 Å². The van der Waals surface area contributed by atoms with Crippen molar-refractivity contribution in [2.45, 2.75) is 33.1 Å². The number of hydrogen-bond donors (Lipinski definition) is 0. The number of hydrogen-bond acceptors (Lipinski definition) is 2. The lowest BCUT2D eigenvalue weighted by molar-refractivity contribution is 0.737. The van der Waals surface area contributed by atoms with Crippen LogP contribution >= 0.6 is 0 Å². The molecular weight excluding hydrogens is 184 g/mol. The van der Waals surface area contributed by atoms with Gasteiger partial charge in [0, 0.05) is 17.3 Å². The van der Waals surface area contributed by atoms with Gasteiger partial charge in [-0.05, 0) is 37.0 Å². The van der Waals surface area contributed by atoms with E-state index >= 15 is 0 Å². The Kier molecular flexibility index (Phi) is 2.67. The molecule has 0 aliphatic heterocycles. The average Bonchev–Trinajstić information content (AvgIpc) is 2.26. The molecule has 0 aliphatic rings. The summed E-state index contributed by atoms with van der Waals surface area (Å²) in [5.74, 6) is 0.580. The van der Waals surface area contributed by atoms with Crippen LogP contribution in [0.4, 0.5) is 0 Å². The molecule has 0 amide bonds. The Labute approximate surface area is 90.4 Å². The van der Waals surface area contributed by atoms with Crippen molar-refractivity contribution in [2.24, 2.45) is 0 Å². The van der Waals surface area contributed by atoms with Gasteiger partial charge in [-0.25, -0.2) is 0 Å². The second-order valence-corrected chi connectivity index (χ2v) is 4.05. The summed E-state index contributed by atoms with van der Waals surface area (Å²) >= 11 is 0. The number of rotatable bonds is 2. The van der Waals surface area contributed by atoms with Gasteiger partial charge in [-0.1, -0.05) is 13.8 Å². The van der Waals surface area contributed by atoms with E-state index < -0.39 is 0 Å². The molecule has 1 unspecified atom stereocenters. The van der Waals surface area contributed by atoms with E-state index in [0.29, 0.717) is 5.92 Å². The quantitative estimate of drug-likeness (QED) is 0.742. The van der Waals surface area contributed by atoms with Gasteiger partial charge in [0.1, 0.15) is 0 Å². The number of aromatic nitrogens is 2. The fourth-order valence-electron chi connectivity index (χ4n) is 1.87. The number of pyridine rings is 2. The summed E-state index contributed by atoms with van der Waals surface area (Å²) < 4.78 is 0. The van der Waals surface area contributed by atoms with Crippen LogP contribution in [-0.2, 0) is 0 Å². The molecule has 78 valence electrons. The monoisotopic (exact) mass is 200 g/mol. The first-order chi connectivity index (χ1) is 7.22. The van der Waals surface area contributed by atoms with Crippen LogP contribution in [0.25, 0.3) is 10.9 Å². The Balaban J connectivity index is 2.71. The minimum Gasteiger partial charge on any atom is -0.262 e. The van der Waals surface area contributed by atoms with Crippen molar-refractivity contribution in [2.75, 3.05) is 0 Å². The molecule has 15 heavy (non-hydrogen) atoms. The van der Waals surface area contributed by atoms with Crippen molar-refractivity contribution >= 4 is 10.9 Å². The van der Waals surface area contributed by atoms with Crippen molar-refractivity contribution < 1.29 is 0 Å². The van der Waals surface area contributed by atoms with E-state index in [2.05, 4.69) is 35.9 Å². The van der Waals surface area contributed by atoms with E-state index in [4.69, 9.17) is 0 Å². The molecule has 0 spiro atoms. The standard InChI is InChI=1S/C13H16N2/c1-4-9(2)12-7-10(3)15-13-8-14-6-5-11(12)13/h5-9H,4H2,1-3H3. The van der Waals surface area contributed by atoms with E-state index in [9.17, 15) is 0 Å². The fourth-order valence-corrected chi connectivity index (χ4v) is 1.87. The topological polar surface area (TPSA) is 25.8 Å². The first-order valence-electron chi connectivity index (χ1n) is 5.43. The van der Waals surface area contributed by atoms with E-state index in [1.165, 1.54) is 10.9 Å². The minimum atomic E-state index is 0.580. The van der Waals surface area contributed by atoms with Crippen LogP contribution in [-0.4, -0.2) is 9.97 Å². The Bertz CT molecular complexity index is 477. The van der Waals surface area contributed by atoms with Gasteiger partial charge < -0.3 is 0 Å². The van der Waals surface area contributed by atoms with Gasteiger partial charge in [0.25, 0.3) is 0 Å². The maximum Gasteiger partial charge on any atom is 0.0891 e. The Morgan fingerprint density at radius 3 is 2.93 bits per heavy atom. The van der Waals surface area contributed by atoms with Crippen molar-refractivity contribution in [3.8, 4) is 0 Å². The average molecular weight is 200 g/mol. The summed E-state index contributed by atoms with van der Waals surface area (Å²) in [4.78, 5) is 8.61. The van der Waals surface area contributed by atoms with Crippen LogP contribution in [0, 0.1) is 6.92 Å². The molecule has 1 atom stereocenters. The largest absolute Gasteiger partial charge is 0.262 e. The smallest absolute Gasteiger partial charge is 0.0891 e. The molecule has 2 aromatic rings. The summed E-state index contributed by atoms with van der Waals surface area (Å²) in [6, 6.07) is 4.25. The van der Waals surface area contributed by atoms with Crippen molar-refractivity contribution in [3.05, 3.63) is 35.8 Å². The SMILES string of the molecule is CCC(C)c1cc(C)nc2cnccc12. The lowest BCUT2D eigenvalue weighted by Gasteiger charge is -2.12. The second-order valence-electron chi connectivity index (χ2n) is 4.05. The van der Waals surface area contributed by atoms with E-state index in [1.54, 1.807) is 0 Å². The second kappa shape index (κ2) is 3.97. The van der Waals surface area contributed by atoms with Gasteiger partial charge in [-0.3, -0.25) is 9.97 Å². The summed E-state index contributed by atoms with van der Waals surface area (Å²) in [7, 11) is 0. The number of aryl methyl sites for hydroxylation is 1. The zero-order valence-electron chi connectivity index (χ0n) is 9.49. The highest BCUT2D eigenvalue weighted by Gasteiger charge is 2.09. The molecule has 2 aromatic heterocycles. The fraction of sp³-hybridized carbons (Fsp3) is 0.385. The molecule has 0 radical (unpaired) electrons. The Morgan fingerprint density at radius 1 is 1.40 bits per heavy atom. The van der Waals surface area contributed by atoms with Crippen LogP contribution in [0.15, 0.2) is 24.5 Å². The third-order valence-electron chi connectivity index (χ3n) is 2.92. The van der Waals surface area contributed by atoms with Gasteiger partial charge in [0.2, 0.25) is 0 Å². The maximum atomic E-state index is 4.49. The lowest BCUT2D eigenvalue weighted by Crippen LogP contribution is -1.96. The Hall–Kier alpha value is -1.44. The number of nitrogens with zero attached hydrogens (tertiary/aromatic N) is 2. The van der Waals surface area contributed by atoms with E-state index in [-0.39, 0.29) is 0 Å². The predicted octanol–water partition coefficient (Wildman–Crippen LogP) is 3.45. The minimum absolute atomic E-state index is 0.580. The Morgan fingerprint density at radius 2 is 2.20 bits per heavy atom. The first-order valence-corrected chi connectivity index (χ1v) is 5.43. The molecule has 0 N–H and O–H groups in total. The third kappa shape index (κ3) is 1.84. The lowest BCUT2D eigenvalue weighted by atomic mass is 9.95. The first kappa shape index (κ1) is 10.1. The van der Waals surface area contributed by atoms with E-state index in [1.807, 2.05) is 19.3 Å². The van der Waals surface area contributed by atoms with Gasteiger partial charge in [-0.15, -0.1) is 0 Å². The van der Waals surface area contributed by atoms with Crippen molar-refractivity contribution in [1.82, 2.24) is 9.97 Å². The highest BCUT2D eigenvalue weighted by Crippen LogP contribution is 2.26. The van der Waals surface area contributed by atoms with Gasteiger partial charge in [0.15, 0.2) is 0 Å². The van der Waals surface area contributed by atoms with Gasteiger partial charge in [-0.2, -0.15) is 0 Å². The summed E-state index contributed by atoms with van der Waals surface area (Å²) in [5.41, 5.74) is 3.47. The van der Waals surface area contributed by atoms with Crippen LogP contribution in [0.3, 0.4) is 0 Å². The maximum absolute atomic E-state index is 4.49. The highest BCUT2D eigenvalue weighted by atomic mass is 14.7. The summed E-state index contributed by atoms with van der Waals surface area (Å²) in [6.45, 7) is 6.51. The molecule has 0 fully saturated rings. The molecular formula is C13H16N2. The zero-order chi connectivity index (χ0) is 10.8. The molecule has 0 aliphatic carbocycles. The molecule has 0 bridgehead atoms. The highest BCUT2D eigenvalue weighted by molar-refractivity contribution is 5.81. The van der Waals surface area contributed by atoms with Gasteiger partial charge >= 0.3 is 0 Å².